The summed E-state index contributed by atoms with van der Waals surface area (Å²) in [5.74, 6) is -1.20. The van der Waals surface area contributed by atoms with Gasteiger partial charge in [0.25, 0.3) is 17.5 Å². The van der Waals surface area contributed by atoms with Crippen LogP contribution in [0.3, 0.4) is 0 Å². The summed E-state index contributed by atoms with van der Waals surface area (Å²) < 4.78 is 0. The van der Waals surface area contributed by atoms with Gasteiger partial charge in [-0.25, -0.2) is 0 Å². The number of aryl methyl sites for hydroxylation is 2. The number of carbonyl (C=O) groups excluding carboxylic acids is 3. The van der Waals surface area contributed by atoms with E-state index in [9.17, 15) is 24.5 Å². The quantitative estimate of drug-likeness (QED) is 0.0570. The molecule has 5 aromatic rings. The maximum atomic E-state index is 13.6. The van der Waals surface area contributed by atoms with Crippen LogP contribution in [-0.4, -0.2) is 22.6 Å². The lowest BCUT2D eigenvalue weighted by Gasteiger charge is -2.18. The van der Waals surface area contributed by atoms with Crippen LogP contribution >= 0.6 is 11.8 Å². The van der Waals surface area contributed by atoms with Crippen molar-refractivity contribution in [2.45, 2.75) is 24.0 Å². The van der Waals surface area contributed by atoms with Crippen molar-refractivity contribution in [1.29, 1.82) is 0 Å². The Kier molecular flexibility index (Phi) is 10.8. The average molecular weight is 657 g/mol. The molecule has 0 aromatic heterocycles. The minimum absolute atomic E-state index is 0.0528. The van der Waals surface area contributed by atoms with Gasteiger partial charge in [0.15, 0.2) is 0 Å². The molecule has 240 valence electrons. The fraction of sp³-hybridized carbons (Fsp3) is 0.0789. The normalized spacial score (nSPS) is 11.7. The number of thioether (sulfide) groups is 1. The lowest BCUT2D eigenvalue weighted by Crippen LogP contribution is -2.30. The second kappa shape index (κ2) is 15.5. The minimum atomic E-state index is -0.640. The van der Waals surface area contributed by atoms with Gasteiger partial charge < -0.3 is 16.0 Å². The van der Waals surface area contributed by atoms with E-state index in [1.165, 1.54) is 30.0 Å². The van der Waals surface area contributed by atoms with Crippen molar-refractivity contribution in [3.05, 3.63) is 171 Å². The summed E-state index contributed by atoms with van der Waals surface area (Å²) in [7, 11) is 0. The molecule has 9 nitrogen and oxygen atoms in total. The van der Waals surface area contributed by atoms with Crippen molar-refractivity contribution in [2.24, 2.45) is 0 Å². The van der Waals surface area contributed by atoms with Crippen LogP contribution in [0.1, 0.15) is 37.9 Å². The fourth-order valence-corrected chi connectivity index (χ4v) is 5.75. The van der Waals surface area contributed by atoms with Gasteiger partial charge in [0, 0.05) is 34.0 Å². The molecule has 3 N–H and O–H groups in total. The first kappa shape index (κ1) is 33.4. The van der Waals surface area contributed by atoms with E-state index in [1.54, 1.807) is 61.5 Å². The fourth-order valence-electron chi connectivity index (χ4n) is 4.72. The lowest BCUT2D eigenvalue weighted by molar-refractivity contribution is -0.384. The largest absolute Gasteiger partial charge is 0.325 e. The average Bonchev–Trinajstić information content (AvgIpc) is 3.10. The molecule has 0 radical (unpaired) electrons. The van der Waals surface area contributed by atoms with Gasteiger partial charge in [-0.3, -0.25) is 24.5 Å². The summed E-state index contributed by atoms with van der Waals surface area (Å²) in [6.45, 7) is 3.67. The first-order chi connectivity index (χ1) is 23.2. The molecule has 1 unspecified atom stereocenters. The second-order valence-electron chi connectivity index (χ2n) is 10.9. The van der Waals surface area contributed by atoms with Crippen LogP contribution in [0.2, 0.25) is 0 Å². The van der Waals surface area contributed by atoms with Gasteiger partial charge in [-0.05, 0) is 79.1 Å². The maximum Gasteiger partial charge on any atom is 0.272 e. The van der Waals surface area contributed by atoms with Crippen molar-refractivity contribution in [3.8, 4) is 0 Å². The Labute approximate surface area is 282 Å². The van der Waals surface area contributed by atoms with Gasteiger partial charge in [0.1, 0.15) is 10.9 Å². The molecule has 0 bridgehead atoms. The number of non-ortho nitro benzene ring substituents is 1. The molecule has 3 amide bonds. The number of rotatable bonds is 11. The van der Waals surface area contributed by atoms with Crippen molar-refractivity contribution >= 4 is 52.6 Å². The van der Waals surface area contributed by atoms with Gasteiger partial charge in [0.2, 0.25) is 5.91 Å². The SMILES string of the molecule is Cc1ccc(/C=C(\NC(=O)c2ccccc2)C(=O)Nc2ccc(SC(C(=O)Nc3ccc([N+](=O)[O-])cc3C)c3ccccc3)cc2)cc1. The number of nitrogens with one attached hydrogen (secondary N) is 3. The molecule has 10 heteroatoms. The predicted molar refractivity (Wildman–Crippen MR) is 190 cm³/mol. The molecule has 48 heavy (non-hydrogen) atoms. The molecule has 0 heterocycles. The van der Waals surface area contributed by atoms with Crippen molar-refractivity contribution in [1.82, 2.24) is 5.32 Å². The Morgan fingerprint density at radius 2 is 1.42 bits per heavy atom. The molecule has 0 fully saturated rings. The summed E-state index contributed by atoms with van der Waals surface area (Å²) in [4.78, 5) is 51.4. The Balaban J connectivity index is 1.33. The first-order valence-electron chi connectivity index (χ1n) is 15.0. The molecule has 0 aliphatic heterocycles. The molecule has 5 aromatic carbocycles. The van der Waals surface area contributed by atoms with E-state index in [-0.39, 0.29) is 17.3 Å². The van der Waals surface area contributed by atoms with Crippen LogP contribution in [0, 0.1) is 24.0 Å². The number of nitrogens with zero attached hydrogens (tertiary/aromatic N) is 1. The van der Waals surface area contributed by atoms with E-state index in [4.69, 9.17) is 0 Å². The van der Waals surface area contributed by atoms with E-state index in [2.05, 4.69) is 16.0 Å². The molecule has 0 spiro atoms. The Morgan fingerprint density at radius 1 is 0.771 bits per heavy atom. The van der Waals surface area contributed by atoms with Crippen molar-refractivity contribution in [3.63, 3.8) is 0 Å². The van der Waals surface area contributed by atoms with Crippen molar-refractivity contribution in [2.75, 3.05) is 10.6 Å². The third kappa shape index (κ3) is 8.83. The third-order valence-electron chi connectivity index (χ3n) is 7.30. The molecular formula is C38H32N4O5S. The number of benzene rings is 5. The molecular weight excluding hydrogens is 625 g/mol. The van der Waals surface area contributed by atoms with Crippen LogP contribution in [0.25, 0.3) is 6.08 Å². The highest BCUT2D eigenvalue weighted by molar-refractivity contribution is 8.00. The molecule has 0 saturated carbocycles. The van der Waals surface area contributed by atoms with E-state index < -0.39 is 22.0 Å². The zero-order valence-corrected chi connectivity index (χ0v) is 27.0. The summed E-state index contributed by atoms with van der Waals surface area (Å²) >= 11 is 1.32. The monoisotopic (exact) mass is 656 g/mol. The predicted octanol–water partition coefficient (Wildman–Crippen LogP) is 8.09. The number of anilines is 2. The molecule has 0 saturated heterocycles. The summed E-state index contributed by atoms with van der Waals surface area (Å²) in [5, 5.41) is 19.0. The summed E-state index contributed by atoms with van der Waals surface area (Å²) in [6, 6.07) is 36.9. The molecule has 0 aliphatic rings. The Morgan fingerprint density at radius 3 is 2.04 bits per heavy atom. The highest BCUT2D eigenvalue weighted by Crippen LogP contribution is 2.37. The molecule has 5 rings (SSSR count). The number of nitro benzene ring substituents is 1. The van der Waals surface area contributed by atoms with Gasteiger partial charge in [-0.15, -0.1) is 11.8 Å². The van der Waals surface area contributed by atoms with Crippen LogP contribution in [-0.2, 0) is 9.59 Å². The Bertz CT molecular complexity index is 1960. The first-order valence-corrected chi connectivity index (χ1v) is 15.9. The maximum absolute atomic E-state index is 13.6. The van der Waals surface area contributed by atoms with E-state index in [0.717, 1.165) is 21.6 Å². The van der Waals surface area contributed by atoms with E-state index in [0.29, 0.717) is 22.5 Å². The van der Waals surface area contributed by atoms with Crippen LogP contribution < -0.4 is 16.0 Å². The number of amides is 3. The minimum Gasteiger partial charge on any atom is -0.325 e. The topological polar surface area (TPSA) is 130 Å². The van der Waals surface area contributed by atoms with Crippen LogP contribution in [0.4, 0.5) is 17.1 Å². The number of hydrogen-bond acceptors (Lipinski definition) is 6. The van der Waals surface area contributed by atoms with Gasteiger partial charge >= 0.3 is 0 Å². The summed E-state index contributed by atoms with van der Waals surface area (Å²) in [6.07, 6.45) is 1.62. The zero-order valence-electron chi connectivity index (χ0n) is 26.2. The number of carbonyl (C=O) groups is 3. The second-order valence-corrected chi connectivity index (χ2v) is 12.1. The van der Waals surface area contributed by atoms with Crippen LogP contribution in [0.15, 0.2) is 138 Å². The van der Waals surface area contributed by atoms with Gasteiger partial charge in [-0.2, -0.15) is 0 Å². The zero-order chi connectivity index (χ0) is 34.0. The smallest absolute Gasteiger partial charge is 0.272 e. The van der Waals surface area contributed by atoms with Crippen molar-refractivity contribution < 1.29 is 19.3 Å². The summed E-state index contributed by atoms with van der Waals surface area (Å²) in [5.41, 5.74) is 4.59. The molecule has 0 aliphatic carbocycles. The molecule has 1 atom stereocenters. The van der Waals surface area contributed by atoms with E-state index >= 15 is 0 Å². The van der Waals surface area contributed by atoms with Gasteiger partial charge in [0.05, 0.1) is 4.92 Å². The van der Waals surface area contributed by atoms with Gasteiger partial charge in [-0.1, -0.05) is 78.4 Å². The lowest BCUT2D eigenvalue weighted by atomic mass is 10.1. The highest BCUT2D eigenvalue weighted by Gasteiger charge is 2.23. The Hall–Kier alpha value is -6.00. The number of nitro groups is 1. The third-order valence-corrected chi connectivity index (χ3v) is 8.57. The number of hydrogen-bond donors (Lipinski definition) is 3. The highest BCUT2D eigenvalue weighted by atomic mass is 32.2. The van der Waals surface area contributed by atoms with E-state index in [1.807, 2.05) is 67.6 Å². The standard InChI is InChI=1S/C38H32N4O5S/c1-25-13-15-27(16-14-25)24-34(41-36(43)29-11-7-4-8-12-29)37(44)39-30-17-20-32(21-18-30)48-35(28-9-5-3-6-10-28)38(45)40-33-22-19-31(42(46)47)23-26(33)2/h3-24,35H,1-2H3,(H,39,44)(H,40,45)(H,41,43)/b34-24-. The van der Waals surface area contributed by atoms with Crippen LogP contribution in [0.5, 0.6) is 0 Å².